The van der Waals surface area contributed by atoms with Gasteiger partial charge in [-0.25, -0.2) is 14.2 Å². The predicted octanol–water partition coefficient (Wildman–Crippen LogP) is 1.71. The lowest BCUT2D eigenvalue weighted by Gasteiger charge is -2.35. The number of hydrogen-bond donors (Lipinski definition) is 1. The molecule has 156 valence electrons. The Morgan fingerprint density at radius 2 is 2.14 bits per heavy atom. The van der Waals surface area contributed by atoms with Crippen molar-refractivity contribution in [2.45, 2.75) is 6.10 Å². The van der Waals surface area contributed by atoms with Crippen LogP contribution in [0, 0.1) is 17.1 Å². The molecule has 3 rings (SSSR count). The molecule has 0 unspecified atom stereocenters. The number of amides is 2. The quantitative estimate of drug-likeness (QED) is 0.423. The first-order valence-corrected chi connectivity index (χ1v) is 9.55. The molecule has 0 N–H and O–H groups in total. The molecule has 2 heterocycles. The van der Waals surface area contributed by atoms with Gasteiger partial charge in [0.05, 0.1) is 30.5 Å². The highest BCUT2D eigenvalue weighted by molar-refractivity contribution is 7.96. The fourth-order valence-corrected chi connectivity index (χ4v) is 3.29. The van der Waals surface area contributed by atoms with Crippen molar-refractivity contribution in [3.8, 4) is 6.07 Å². The van der Waals surface area contributed by atoms with Crippen LogP contribution >= 0.6 is 12.6 Å². The van der Waals surface area contributed by atoms with Crippen molar-refractivity contribution in [1.82, 2.24) is 9.96 Å². The number of halogens is 1. The molecule has 2 amide bonds. The Balaban J connectivity index is 1.61. The first-order valence-electron chi connectivity index (χ1n) is 9.10. The van der Waals surface area contributed by atoms with Crippen molar-refractivity contribution in [3.05, 3.63) is 24.0 Å². The first kappa shape index (κ1) is 21.2. The van der Waals surface area contributed by atoms with Gasteiger partial charge in [-0.3, -0.25) is 19.4 Å². The number of thiol groups is 1. The standard InChI is InChI=1S/C18H22FN5O4S/c1-21(18(26)29)27-12-14-11-24(17(25)28-14)13-2-3-16(15(19)10-13)23-8-6-22(5-4-20)7-9-23/h2-3,10,14H,5-9,11-12H2,1H3,(H,26,29)/t14-/m0/s1. The summed E-state index contributed by atoms with van der Waals surface area (Å²) in [5.41, 5.74) is 0.854. The van der Waals surface area contributed by atoms with E-state index in [-0.39, 0.29) is 13.2 Å². The molecule has 0 spiro atoms. The Morgan fingerprint density at radius 3 is 2.76 bits per heavy atom. The van der Waals surface area contributed by atoms with E-state index in [2.05, 4.69) is 18.7 Å². The van der Waals surface area contributed by atoms with Crippen LogP contribution in [0.4, 0.5) is 25.4 Å². The van der Waals surface area contributed by atoms with Crippen molar-refractivity contribution < 1.29 is 23.6 Å². The average molecular weight is 423 g/mol. The molecule has 1 aromatic rings. The highest BCUT2D eigenvalue weighted by atomic mass is 32.1. The van der Waals surface area contributed by atoms with Crippen molar-refractivity contribution in [3.63, 3.8) is 0 Å². The Kier molecular flexibility index (Phi) is 6.79. The summed E-state index contributed by atoms with van der Waals surface area (Å²) in [5, 5.41) is 9.13. The minimum Gasteiger partial charge on any atom is -0.441 e. The van der Waals surface area contributed by atoms with Crippen molar-refractivity contribution in [2.24, 2.45) is 0 Å². The molecular weight excluding hydrogens is 401 g/mol. The molecule has 2 fully saturated rings. The highest BCUT2D eigenvalue weighted by Crippen LogP contribution is 2.28. The van der Waals surface area contributed by atoms with Crippen molar-refractivity contribution in [2.75, 3.05) is 62.7 Å². The molecule has 1 atom stereocenters. The molecule has 0 radical (unpaired) electrons. The second kappa shape index (κ2) is 9.30. The summed E-state index contributed by atoms with van der Waals surface area (Å²) >= 11 is 3.62. The van der Waals surface area contributed by atoms with E-state index in [0.717, 1.165) is 5.06 Å². The smallest absolute Gasteiger partial charge is 0.414 e. The fourth-order valence-electron chi connectivity index (χ4n) is 3.24. The average Bonchev–Trinajstić information content (AvgIpc) is 3.07. The van der Waals surface area contributed by atoms with E-state index in [1.807, 2.05) is 9.80 Å². The minimum absolute atomic E-state index is 0.0153. The summed E-state index contributed by atoms with van der Waals surface area (Å²) in [6.07, 6.45) is -1.19. The van der Waals surface area contributed by atoms with E-state index in [4.69, 9.17) is 14.8 Å². The number of nitrogens with zero attached hydrogens (tertiary/aromatic N) is 5. The minimum atomic E-state index is -0.601. The molecule has 9 nitrogen and oxygen atoms in total. The monoisotopic (exact) mass is 423 g/mol. The third-order valence-corrected chi connectivity index (χ3v) is 5.13. The molecule has 2 saturated heterocycles. The number of ether oxygens (including phenoxy) is 1. The molecule has 0 saturated carbocycles. The molecular formula is C18H22FN5O4S. The van der Waals surface area contributed by atoms with Gasteiger partial charge in [0, 0.05) is 33.2 Å². The molecule has 2 aliphatic heterocycles. The topological polar surface area (TPSA) is 89.3 Å². The van der Waals surface area contributed by atoms with Crippen molar-refractivity contribution >= 4 is 35.3 Å². The SMILES string of the molecule is CN(OC[C@@H]1CN(c2ccc(N3CCN(CC#N)CC3)c(F)c2)C(=O)O1)C(=O)S. The van der Waals surface area contributed by atoms with Gasteiger partial charge >= 0.3 is 11.3 Å². The number of piperazine rings is 1. The van der Waals surface area contributed by atoms with Gasteiger partial charge < -0.3 is 9.64 Å². The summed E-state index contributed by atoms with van der Waals surface area (Å²) in [6, 6.07) is 6.76. The summed E-state index contributed by atoms with van der Waals surface area (Å²) < 4.78 is 20.0. The van der Waals surface area contributed by atoms with Gasteiger partial charge in [-0.1, -0.05) is 12.6 Å². The molecule has 1 aromatic carbocycles. The van der Waals surface area contributed by atoms with E-state index >= 15 is 0 Å². The van der Waals surface area contributed by atoms with Crippen LogP contribution in [-0.2, 0) is 9.57 Å². The van der Waals surface area contributed by atoms with Crippen LogP contribution < -0.4 is 9.80 Å². The van der Waals surface area contributed by atoms with Gasteiger partial charge in [0.1, 0.15) is 18.5 Å². The van der Waals surface area contributed by atoms with Crippen LogP contribution in [0.3, 0.4) is 0 Å². The number of carbonyl (C=O) groups excluding carboxylic acids is 2. The molecule has 29 heavy (non-hydrogen) atoms. The summed E-state index contributed by atoms with van der Waals surface area (Å²) in [4.78, 5) is 33.6. The number of hydrogen-bond acceptors (Lipinski definition) is 7. The number of rotatable bonds is 6. The maximum Gasteiger partial charge on any atom is 0.414 e. The predicted molar refractivity (Wildman–Crippen MR) is 106 cm³/mol. The summed E-state index contributed by atoms with van der Waals surface area (Å²) in [5.74, 6) is -0.427. The van der Waals surface area contributed by atoms with Gasteiger partial charge in [0.2, 0.25) is 0 Å². The fraction of sp³-hybridized carbons (Fsp3) is 0.500. The Hall–Kier alpha value is -2.55. The normalized spacial score (nSPS) is 19.8. The van der Waals surface area contributed by atoms with Crippen LogP contribution in [0.1, 0.15) is 0 Å². The Bertz CT molecular complexity index is 812. The van der Waals surface area contributed by atoms with Gasteiger partial charge in [0.15, 0.2) is 0 Å². The number of carbonyl (C=O) groups is 2. The van der Waals surface area contributed by atoms with E-state index < -0.39 is 23.3 Å². The largest absolute Gasteiger partial charge is 0.441 e. The number of hydroxylamine groups is 2. The van der Waals surface area contributed by atoms with Gasteiger partial charge in [-0.15, -0.1) is 0 Å². The third-order valence-electron chi connectivity index (χ3n) is 4.85. The molecule has 0 bridgehead atoms. The zero-order valence-corrected chi connectivity index (χ0v) is 16.8. The summed E-state index contributed by atoms with van der Waals surface area (Å²) in [6.45, 7) is 3.17. The van der Waals surface area contributed by atoms with Gasteiger partial charge in [-0.05, 0) is 18.2 Å². The maximum atomic E-state index is 14.7. The summed E-state index contributed by atoms with van der Waals surface area (Å²) in [7, 11) is 1.40. The highest BCUT2D eigenvalue weighted by Gasteiger charge is 2.33. The number of cyclic esters (lactones) is 1. The Labute approximate surface area is 173 Å². The van der Waals surface area contributed by atoms with E-state index in [9.17, 15) is 14.0 Å². The number of anilines is 2. The second-order valence-corrected chi connectivity index (χ2v) is 7.13. The third kappa shape index (κ3) is 5.09. The first-order chi connectivity index (χ1) is 13.9. The van der Waals surface area contributed by atoms with E-state index in [1.54, 1.807) is 12.1 Å². The lowest BCUT2D eigenvalue weighted by atomic mass is 10.2. The zero-order chi connectivity index (χ0) is 21.0. The van der Waals surface area contributed by atoms with Crippen LogP contribution in [-0.4, -0.2) is 80.3 Å². The van der Waals surface area contributed by atoms with E-state index in [0.29, 0.717) is 44.1 Å². The van der Waals surface area contributed by atoms with Crippen LogP contribution in [0.5, 0.6) is 0 Å². The van der Waals surface area contributed by atoms with Gasteiger partial charge in [-0.2, -0.15) is 5.26 Å². The molecule has 0 aromatic heterocycles. The lowest BCUT2D eigenvalue weighted by Crippen LogP contribution is -2.46. The molecule has 2 aliphatic rings. The second-order valence-electron chi connectivity index (χ2n) is 6.75. The van der Waals surface area contributed by atoms with Crippen LogP contribution in [0.15, 0.2) is 18.2 Å². The van der Waals surface area contributed by atoms with Crippen LogP contribution in [0.2, 0.25) is 0 Å². The maximum absolute atomic E-state index is 14.7. The Morgan fingerprint density at radius 1 is 1.41 bits per heavy atom. The lowest BCUT2D eigenvalue weighted by molar-refractivity contribution is -0.113. The number of nitriles is 1. The van der Waals surface area contributed by atoms with Gasteiger partial charge in [0.25, 0.3) is 0 Å². The zero-order valence-electron chi connectivity index (χ0n) is 16.0. The molecule has 11 heteroatoms. The van der Waals surface area contributed by atoms with Crippen LogP contribution in [0.25, 0.3) is 0 Å². The molecule has 0 aliphatic carbocycles. The van der Waals surface area contributed by atoms with E-state index in [1.165, 1.54) is 18.0 Å². The number of benzene rings is 1. The van der Waals surface area contributed by atoms with Crippen molar-refractivity contribution in [1.29, 1.82) is 5.26 Å².